The highest BCUT2D eigenvalue weighted by Crippen LogP contribution is 2.39. The van der Waals surface area contributed by atoms with E-state index in [9.17, 15) is 0 Å². The first-order valence-corrected chi connectivity index (χ1v) is 15.7. The van der Waals surface area contributed by atoms with Gasteiger partial charge in [0.2, 0.25) is 0 Å². The fourth-order valence-corrected chi connectivity index (χ4v) is 7.26. The molecule has 0 saturated carbocycles. The van der Waals surface area contributed by atoms with E-state index in [2.05, 4.69) is 108 Å². The van der Waals surface area contributed by atoms with Crippen LogP contribution < -0.4 is 0 Å². The lowest BCUT2D eigenvalue weighted by Crippen LogP contribution is -2.00. The van der Waals surface area contributed by atoms with Crippen LogP contribution in [0.5, 0.6) is 0 Å². The van der Waals surface area contributed by atoms with Crippen LogP contribution in [0.3, 0.4) is 0 Å². The molecule has 45 heavy (non-hydrogen) atoms. The first kappa shape index (κ1) is 25.7. The third-order valence-corrected chi connectivity index (χ3v) is 9.63. The minimum absolute atomic E-state index is 0.648. The Hall–Kier alpha value is -5.78. The van der Waals surface area contributed by atoms with Gasteiger partial charge < -0.3 is 0 Å². The Bertz CT molecular complexity index is 2540. The second-order valence-electron chi connectivity index (χ2n) is 11.2. The molecule has 0 aliphatic carbocycles. The minimum atomic E-state index is 0.648. The van der Waals surface area contributed by atoms with Gasteiger partial charge in [0.15, 0.2) is 17.5 Å². The lowest BCUT2D eigenvalue weighted by Gasteiger charge is -2.10. The summed E-state index contributed by atoms with van der Waals surface area (Å²) in [5, 5.41) is 7.25. The fraction of sp³-hybridized carbons (Fsp3) is 0. The normalized spacial score (nSPS) is 11.6. The fourth-order valence-electron chi connectivity index (χ4n) is 6.07. The number of aromatic nitrogens is 4. The average molecular weight is 593 g/mol. The average Bonchev–Trinajstić information content (AvgIpc) is 3.51. The van der Waals surface area contributed by atoms with Gasteiger partial charge in [-0.2, -0.15) is 0 Å². The molecule has 9 rings (SSSR count). The van der Waals surface area contributed by atoms with Gasteiger partial charge in [-0.25, -0.2) is 15.0 Å². The second-order valence-corrected chi connectivity index (χ2v) is 12.2. The maximum absolute atomic E-state index is 5.04. The zero-order chi connectivity index (χ0) is 29.7. The number of nitrogens with zero attached hydrogens (tertiary/aromatic N) is 4. The van der Waals surface area contributed by atoms with Crippen LogP contribution in [0.25, 0.3) is 87.0 Å². The van der Waals surface area contributed by atoms with Crippen molar-refractivity contribution in [2.24, 2.45) is 0 Å². The van der Waals surface area contributed by atoms with Crippen molar-refractivity contribution >= 4 is 53.1 Å². The Kier molecular flexibility index (Phi) is 5.96. The van der Waals surface area contributed by atoms with Crippen LogP contribution >= 0.6 is 11.3 Å². The molecule has 210 valence electrons. The molecular weight excluding hydrogens is 569 g/mol. The molecule has 0 fully saturated rings. The highest BCUT2D eigenvalue weighted by Gasteiger charge is 2.15. The maximum atomic E-state index is 5.04. The lowest BCUT2D eigenvalue weighted by atomic mass is 10.00. The zero-order valence-electron chi connectivity index (χ0n) is 24.1. The van der Waals surface area contributed by atoms with Gasteiger partial charge in [-0.1, -0.05) is 115 Å². The van der Waals surface area contributed by atoms with Crippen molar-refractivity contribution in [3.8, 4) is 45.3 Å². The molecule has 0 aliphatic rings. The molecule has 9 aromatic rings. The topological polar surface area (TPSA) is 51.6 Å². The molecule has 3 aromatic heterocycles. The third-order valence-electron chi connectivity index (χ3n) is 8.41. The summed E-state index contributed by atoms with van der Waals surface area (Å²) in [6.07, 6.45) is 3.82. The molecule has 0 radical (unpaired) electrons. The smallest absolute Gasteiger partial charge is 0.164 e. The molecule has 3 heterocycles. The van der Waals surface area contributed by atoms with Gasteiger partial charge in [0.1, 0.15) is 0 Å². The Morgan fingerprint density at radius 1 is 0.400 bits per heavy atom. The van der Waals surface area contributed by atoms with E-state index in [0.29, 0.717) is 17.5 Å². The molecule has 4 nitrogen and oxygen atoms in total. The van der Waals surface area contributed by atoms with Crippen LogP contribution in [-0.2, 0) is 0 Å². The largest absolute Gasteiger partial charge is 0.264 e. The van der Waals surface area contributed by atoms with Crippen molar-refractivity contribution in [3.63, 3.8) is 0 Å². The van der Waals surface area contributed by atoms with Crippen LogP contribution in [0.1, 0.15) is 0 Å². The van der Waals surface area contributed by atoms with Crippen molar-refractivity contribution in [1.82, 2.24) is 19.9 Å². The monoisotopic (exact) mass is 592 g/mol. The highest BCUT2D eigenvalue weighted by molar-refractivity contribution is 7.26. The summed E-state index contributed by atoms with van der Waals surface area (Å²) in [7, 11) is 0. The van der Waals surface area contributed by atoms with E-state index in [-0.39, 0.29) is 0 Å². The lowest BCUT2D eigenvalue weighted by molar-refractivity contribution is 1.07. The van der Waals surface area contributed by atoms with Gasteiger partial charge in [-0.15, -0.1) is 11.3 Å². The van der Waals surface area contributed by atoms with E-state index >= 15 is 0 Å². The maximum Gasteiger partial charge on any atom is 0.164 e. The van der Waals surface area contributed by atoms with E-state index in [0.717, 1.165) is 22.3 Å². The number of hydrogen-bond acceptors (Lipinski definition) is 5. The molecule has 6 aromatic carbocycles. The molecule has 0 saturated heterocycles. The number of rotatable bonds is 4. The van der Waals surface area contributed by atoms with Crippen molar-refractivity contribution in [1.29, 1.82) is 0 Å². The number of thiophene rings is 1. The summed E-state index contributed by atoms with van der Waals surface area (Å²) in [6.45, 7) is 0. The molecule has 0 atom stereocenters. The predicted octanol–water partition coefficient (Wildman–Crippen LogP) is 10.6. The SMILES string of the molecule is c1ccc(-c2nc(-c3ccc(-c4ccc5ccccc5c4)cc3)nc(-c3ccc4ccc5c6cnccc6sc5c4c3)n2)cc1. The van der Waals surface area contributed by atoms with Gasteiger partial charge in [-0.05, 0) is 45.5 Å². The third kappa shape index (κ3) is 4.53. The van der Waals surface area contributed by atoms with E-state index in [4.69, 9.17) is 15.0 Å². The van der Waals surface area contributed by atoms with Crippen molar-refractivity contribution < 1.29 is 0 Å². The number of benzene rings is 6. The summed E-state index contributed by atoms with van der Waals surface area (Å²) in [5.41, 5.74) is 5.19. The first-order valence-electron chi connectivity index (χ1n) is 14.9. The number of fused-ring (bicyclic) bond motifs is 6. The summed E-state index contributed by atoms with van der Waals surface area (Å²) < 4.78 is 2.48. The molecule has 0 bridgehead atoms. The molecule has 0 unspecified atom stereocenters. The molecule has 0 spiro atoms. The molecule has 0 amide bonds. The molecular formula is C40H24N4S. The van der Waals surface area contributed by atoms with Crippen LogP contribution in [0, 0.1) is 0 Å². The van der Waals surface area contributed by atoms with Gasteiger partial charge in [0.25, 0.3) is 0 Å². The molecule has 0 N–H and O–H groups in total. The van der Waals surface area contributed by atoms with Crippen LogP contribution in [0.15, 0.2) is 146 Å². The standard InChI is InChI=1S/C40H24N4S/c1-2-7-28(8-3-1)38-42-39(29-14-10-26(11-15-29)31-16-12-25-6-4-5-9-30(25)22-31)44-40(43-38)32-17-13-27-18-19-33-35-24-41-21-20-36(35)45-37(33)34(27)23-32/h1-24H. The number of hydrogen-bond donors (Lipinski definition) is 0. The summed E-state index contributed by atoms with van der Waals surface area (Å²) in [6, 6.07) is 46.6. The molecule has 5 heteroatoms. The Morgan fingerprint density at radius 2 is 1.02 bits per heavy atom. The zero-order valence-corrected chi connectivity index (χ0v) is 24.9. The summed E-state index contributed by atoms with van der Waals surface area (Å²) in [4.78, 5) is 19.4. The molecule has 0 aliphatic heterocycles. The Labute approximate surface area is 263 Å². The van der Waals surface area contributed by atoms with E-state index in [1.807, 2.05) is 42.7 Å². The second kappa shape index (κ2) is 10.4. The predicted molar refractivity (Wildman–Crippen MR) is 187 cm³/mol. The van der Waals surface area contributed by atoms with Gasteiger partial charge in [0.05, 0.1) is 0 Å². The van der Waals surface area contributed by atoms with E-state index in [1.54, 1.807) is 11.3 Å². The summed E-state index contributed by atoms with van der Waals surface area (Å²) >= 11 is 1.80. The van der Waals surface area contributed by atoms with E-state index < -0.39 is 0 Å². The quantitative estimate of drug-likeness (QED) is 0.204. The van der Waals surface area contributed by atoms with Crippen molar-refractivity contribution in [2.75, 3.05) is 0 Å². The Balaban J connectivity index is 1.17. The first-order chi connectivity index (χ1) is 22.3. The number of pyridine rings is 1. The van der Waals surface area contributed by atoms with Gasteiger partial charge in [0, 0.05) is 54.6 Å². The Morgan fingerprint density at radius 3 is 1.84 bits per heavy atom. The van der Waals surface area contributed by atoms with Crippen LogP contribution in [0.4, 0.5) is 0 Å². The summed E-state index contributed by atoms with van der Waals surface area (Å²) in [5.74, 6) is 1.95. The van der Waals surface area contributed by atoms with Crippen molar-refractivity contribution in [2.45, 2.75) is 0 Å². The minimum Gasteiger partial charge on any atom is -0.264 e. The van der Waals surface area contributed by atoms with Gasteiger partial charge in [-0.3, -0.25) is 4.98 Å². The van der Waals surface area contributed by atoms with Crippen LogP contribution in [-0.4, -0.2) is 19.9 Å². The van der Waals surface area contributed by atoms with Gasteiger partial charge >= 0.3 is 0 Å². The van der Waals surface area contributed by atoms with Crippen molar-refractivity contribution in [3.05, 3.63) is 146 Å². The highest BCUT2D eigenvalue weighted by atomic mass is 32.1. The van der Waals surface area contributed by atoms with Crippen LogP contribution in [0.2, 0.25) is 0 Å². The van der Waals surface area contributed by atoms with E-state index in [1.165, 1.54) is 47.3 Å².